The predicted octanol–water partition coefficient (Wildman–Crippen LogP) is 4.98. The third kappa shape index (κ3) is 2.39. The Morgan fingerprint density at radius 3 is 2.83 bits per heavy atom. The first-order valence-electron chi connectivity index (χ1n) is 6.37. The molecule has 0 bridgehead atoms. The fourth-order valence-electron chi connectivity index (χ4n) is 2.57. The average Bonchev–Trinajstić information content (AvgIpc) is 2.68. The molecule has 1 nitrogen and oxygen atoms in total. The maximum absolute atomic E-state index is 13.3. The lowest BCUT2D eigenvalue weighted by atomic mass is 10.0. The molecule has 1 fully saturated rings. The van der Waals surface area contributed by atoms with E-state index in [1.807, 2.05) is 24.3 Å². The highest BCUT2D eigenvalue weighted by Gasteiger charge is 2.33. The lowest BCUT2D eigenvalue weighted by Crippen LogP contribution is -2.13. The van der Waals surface area contributed by atoms with Crippen LogP contribution in [0.2, 0.25) is 0 Å². The Morgan fingerprint density at radius 1 is 1.17 bits per heavy atom. The number of alkyl halides is 2. The largest absolute Gasteiger partial charge is 0.248 e. The molecule has 0 spiro atoms. The summed E-state index contributed by atoms with van der Waals surface area (Å²) in [6, 6.07) is 7.99. The molecule has 1 unspecified atom stereocenters. The van der Waals surface area contributed by atoms with Crippen LogP contribution in [0.5, 0.6) is 0 Å². The first-order chi connectivity index (χ1) is 8.64. The van der Waals surface area contributed by atoms with Gasteiger partial charge in [-0.2, -0.15) is 0 Å². The maximum Gasteiger partial charge on any atom is 0.248 e. The fourth-order valence-corrected chi connectivity index (χ4v) is 3.71. The summed E-state index contributed by atoms with van der Waals surface area (Å²) >= 11 is 1.66. The molecule has 2 aromatic rings. The van der Waals surface area contributed by atoms with E-state index in [1.54, 1.807) is 11.3 Å². The molecule has 1 aliphatic rings. The summed E-state index contributed by atoms with van der Waals surface area (Å²) in [7, 11) is 0. The number of aromatic nitrogens is 1. The second-order valence-electron chi connectivity index (χ2n) is 5.00. The van der Waals surface area contributed by atoms with Crippen molar-refractivity contribution in [2.45, 2.75) is 43.9 Å². The van der Waals surface area contributed by atoms with Gasteiger partial charge in [0.25, 0.3) is 0 Å². The van der Waals surface area contributed by atoms with Crippen LogP contribution in [0.3, 0.4) is 0 Å². The zero-order chi connectivity index (χ0) is 12.6. The maximum atomic E-state index is 13.3. The van der Waals surface area contributed by atoms with Crippen LogP contribution in [0, 0.1) is 0 Å². The van der Waals surface area contributed by atoms with Crippen LogP contribution in [-0.2, 0) is 0 Å². The van der Waals surface area contributed by atoms with Crippen molar-refractivity contribution in [1.29, 1.82) is 0 Å². The summed E-state index contributed by atoms with van der Waals surface area (Å²) in [6.07, 6.45) is 2.05. The molecule has 18 heavy (non-hydrogen) atoms. The molecule has 96 valence electrons. The highest BCUT2D eigenvalue weighted by molar-refractivity contribution is 7.18. The number of hydrogen-bond donors (Lipinski definition) is 0. The molecule has 0 N–H and O–H groups in total. The van der Waals surface area contributed by atoms with Gasteiger partial charge in [0.05, 0.1) is 15.2 Å². The Balaban J connectivity index is 1.85. The Kier molecular flexibility index (Phi) is 3.06. The minimum atomic E-state index is -2.47. The minimum Gasteiger partial charge on any atom is -0.241 e. The van der Waals surface area contributed by atoms with Gasteiger partial charge in [-0.05, 0) is 31.4 Å². The highest BCUT2D eigenvalue weighted by atomic mass is 32.1. The second kappa shape index (κ2) is 4.57. The first kappa shape index (κ1) is 12.0. The van der Waals surface area contributed by atoms with E-state index in [9.17, 15) is 8.78 Å². The van der Waals surface area contributed by atoms with Gasteiger partial charge < -0.3 is 0 Å². The summed E-state index contributed by atoms with van der Waals surface area (Å²) in [6.45, 7) is 0. The molecule has 1 saturated carbocycles. The molecule has 0 radical (unpaired) electrons. The van der Waals surface area contributed by atoms with E-state index in [1.165, 1.54) is 0 Å². The molecule has 0 aliphatic heterocycles. The van der Waals surface area contributed by atoms with E-state index in [4.69, 9.17) is 0 Å². The normalized spacial score (nSPS) is 24.0. The van der Waals surface area contributed by atoms with Crippen LogP contribution in [0.15, 0.2) is 24.3 Å². The van der Waals surface area contributed by atoms with Crippen molar-refractivity contribution in [3.63, 3.8) is 0 Å². The third-order valence-electron chi connectivity index (χ3n) is 3.61. The molecular formula is C14H15F2NS. The van der Waals surface area contributed by atoms with Crippen molar-refractivity contribution < 1.29 is 8.78 Å². The molecular weight excluding hydrogens is 252 g/mol. The zero-order valence-electron chi connectivity index (χ0n) is 10.0. The molecule has 1 heterocycles. The first-order valence-corrected chi connectivity index (χ1v) is 7.19. The number of hydrogen-bond acceptors (Lipinski definition) is 2. The SMILES string of the molecule is FC1(F)CCCC(c2nc3ccccc3s2)CC1. The molecule has 1 aromatic heterocycles. The predicted molar refractivity (Wildman–Crippen MR) is 70.4 cm³/mol. The van der Waals surface area contributed by atoms with E-state index >= 15 is 0 Å². The molecule has 1 aliphatic carbocycles. The number of benzene rings is 1. The molecule has 3 rings (SSSR count). The van der Waals surface area contributed by atoms with Gasteiger partial charge in [0.2, 0.25) is 5.92 Å². The number of halogens is 2. The van der Waals surface area contributed by atoms with Crippen LogP contribution in [-0.4, -0.2) is 10.9 Å². The van der Waals surface area contributed by atoms with Gasteiger partial charge in [0, 0.05) is 18.8 Å². The summed E-state index contributed by atoms with van der Waals surface area (Å²) in [5.74, 6) is -2.25. The topological polar surface area (TPSA) is 12.9 Å². The standard InChI is InChI=1S/C14H15F2NS/c15-14(16)8-3-4-10(7-9-14)13-17-11-5-1-2-6-12(11)18-13/h1-2,5-6,10H,3-4,7-9H2. The summed E-state index contributed by atoms with van der Waals surface area (Å²) < 4.78 is 27.8. The summed E-state index contributed by atoms with van der Waals surface area (Å²) in [5.41, 5.74) is 0.994. The van der Waals surface area contributed by atoms with Crippen LogP contribution < -0.4 is 0 Å². The monoisotopic (exact) mass is 267 g/mol. The number of fused-ring (bicyclic) bond motifs is 1. The summed E-state index contributed by atoms with van der Waals surface area (Å²) in [4.78, 5) is 4.60. The van der Waals surface area contributed by atoms with Crippen LogP contribution in [0.4, 0.5) is 8.78 Å². The highest BCUT2D eigenvalue weighted by Crippen LogP contribution is 2.40. The molecule has 0 saturated heterocycles. The van der Waals surface area contributed by atoms with Gasteiger partial charge in [-0.1, -0.05) is 12.1 Å². The second-order valence-corrected chi connectivity index (χ2v) is 6.07. The minimum absolute atomic E-state index is 0.00753. The molecule has 4 heteroatoms. The van der Waals surface area contributed by atoms with Crippen molar-refractivity contribution in [3.05, 3.63) is 29.3 Å². The van der Waals surface area contributed by atoms with Gasteiger partial charge in [-0.15, -0.1) is 11.3 Å². The van der Waals surface area contributed by atoms with Crippen molar-refractivity contribution >= 4 is 21.6 Å². The molecule has 1 atom stereocenters. The number of thiazole rings is 1. The van der Waals surface area contributed by atoms with Crippen molar-refractivity contribution in [3.8, 4) is 0 Å². The van der Waals surface area contributed by atoms with E-state index in [2.05, 4.69) is 4.98 Å². The smallest absolute Gasteiger partial charge is 0.241 e. The van der Waals surface area contributed by atoms with E-state index in [-0.39, 0.29) is 18.8 Å². The van der Waals surface area contributed by atoms with Gasteiger partial charge in [0.15, 0.2) is 0 Å². The summed E-state index contributed by atoms with van der Waals surface area (Å²) in [5, 5.41) is 1.04. The zero-order valence-corrected chi connectivity index (χ0v) is 10.9. The van der Waals surface area contributed by atoms with Gasteiger partial charge in [-0.3, -0.25) is 0 Å². The van der Waals surface area contributed by atoms with Crippen LogP contribution in [0.25, 0.3) is 10.2 Å². The lowest BCUT2D eigenvalue weighted by Gasteiger charge is -2.12. The fraction of sp³-hybridized carbons (Fsp3) is 0.500. The Labute approximate surface area is 109 Å². The van der Waals surface area contributed by atoms with Gasteiger partial charge in [0.1, 0.15) is 0 Å². The van der Waals surface area contributed by atoms with Crippen LogP contribution >= 0.6 is 11.3 Å². The Bertz CT molecular complexity index is 516. The van der Waals surface area contributed by atoms with Crippen LogP contribution in [0.1, 0.15) is 43.0 Å². The van der Waals surface area contributed by atoms with E-state index < -0.39 is 5.92 Å². The van der Waals surface area contributed by atoms with Crippen molar-refractivity contribution in [2.75, 3.05) is 0 Å². The van der Waals surface area contributed by atoms with E-state index in [0.29, 0.717) is 12.8 Å². The lowest BCUT2D eigenvalue weighted by molar-refractivity contribution is -0.0141. The van der Waals surface area contributed by atoms with Gasteiger partial charge >= 0.3 is 0 Å². The van der Waals surface area contributed by atoms with Crippen molar-refractivity contribution in [1.82, 2.24) is 4.98 Å². The van der Waals surface area contributed by atoms with Crippen molar-refractivity contribution in [2.24, 2.45) is 0 Å². The Morgan fingerprint density at radius 2 is 2.00 bits per heavy atom. The third-order valence-corrected chi connectivity index (χ3v) is 4.81. The average molecular weight is 267 g/mol. The quantitative estimate of drug-likeness (QED) is 0.664. The number of rotatable bonds is 1. The van der Waals surface area contributed by atoms with Gasteiger partial charge in [-0.25, -0.2) is 13.8 Å². The molecule has 1 aromatic carbocycles. The number of para-hydroxylation sites is 1. The Hall–Kier alpha value is -1.03. The molecule has 0 amide bonds. The van der Waals surface area contributed by atoms with E-state index in [0.717, 1.165) is 21.6 Å². The number of nitrogens with zero attached hydrogens (tertiary/aromatic N) is 1.